The van der Waals surface area contributed by atoms with Gasteiger partial charge in [-0.3, -0.25) is 9.48 Å². The quantitative estimate of drug-likeness (QED) is 0.438. The minimum absolute atomic E-state index is 0.0969. The summed E-state index contributed by atoms with van der Waals surface area (Å²) in [5.74, 6) is 0.596. The molecule has 3 heterocycles. The van der Waals surface area contributed by atoms with Gasteiger partial charge in [0.1, 0.15) is 17.0 Å². The Morgan fingerprint density at radius 3 is 2.84 bits per heavy atom. The lowest BCUT2D eigenvalue weighted by Crippen LogP contribution is -2.32. The van der Waals surface area contributed by atoms with Crippen molar-refractivity contribution in [3.05, 3.63) is 76.6 Å². The molecule has 0 bridgehead atoms. The third kappa shape index (κ3) is 4.29. The van der Waals surface area contributed by atoms with E-state index >= 15 is 0 Å². The SMILES string of the molecule is Cc1cc(C(=O)NC[C@H]2CCCO2)nn1Cc1cc(Cl)cc2cc(-c3ccccc3)oc12. The molecule has 32 heavy (non-hydrogen) atoms. The predicted octanol–water partition coefficient (Wildman–Crippen LogP) is 5.22. The van der Waals surface area contributed by atoms with Crippen LogP contribution in [0, 0.1) is 6.92 Å². The summed E-state index contributed by atoms with van der Waals surface area (Å²) >= 11 is 6.40. The second kappa shape index (κ2) is 8.81. The topological polar surface area (TPSA) is 69.3 Å². The molecule has 0 unspecified atom stereocenters. The van der Waals surface area contributed by atoms with Crippen molar-refractivity contribution in [1.82, 2.24) is 15.1 Å². The maximum atomic E-state index is 12.6. The van der Waals surface area contributed by atoms with Crippen molar-refractivity contribution in [1.29, 1.82) is 0 Å². The highest BCUT2D eigenvalue weighted by Crippen LogP contribution is 2.32. The fourth-order valence-corrected chi connectivity index (χ4v) is 4.34. The van der Waals surface area contributed by atoms with Crippen LogP contribution in [0.3, 0.4) is 0 Å². The van der Waals surface area contributed by atoms with E-state index in [1.165, 1.54) is 0 Å². The summed E-state index contributed by atoms with van der Waals surface area (Å²) in [6, 6.07) is 17.5. The van der Waals surface area contributed by atoms with E-state index in [2.05, 4.69) is 10.4 Å². The van der Waals surface area contributed by atoms with Gasteiger partial charge in [0.05, 0.1) is 12.6 Å². The Bertz CT molecular complexity index is 1260. The number of aryl methyl sites for hydroxylation is 1. The van der Waals surface area contributed by atoms with Crippen LogP contribution >= 0.6 is 11.6 Å². The lowest BCUT2D eigenvalue weighted by atomic mass is 10.1. The molecule has 1 amide bonds. The first-order valence-corrected chi connectivity index (χ1v) is 11.2. The van der Waals surface area contributed by atoms with E-state index in [0.717, 1.165) is 53.0 Å². The molecule has 0 radical (unpaired) electrons. The van der Waals surface area contributed by atoms with Crippen molar-refractivity contribution in [3.63, 3.8) is 0 Å². The van der Waals surface area contributed by atoms with Crippen LogP contribution in [-0.4, -0.2) is 34.9 Å². The zero-order chi connectivity index (χ0) is 22.1. The van der Waals surface area contributed by atoms with E-state index in [1.54, 1.807) is 10.7 Å². The van der Waals surface area contributed by atoms with Crippen molar-refractivity contribution in [3.8, 4) is 11.3 Å². The van der Waals surface area contributed by atoms with Gasteiger partial charge >= 0.3 is 0 Å². The number of carbonyl (C=O) groups is 1. The van der Waals surface area contributed by atoms with Crippen LogP contribution in [0.4, 0.5) is 0 Å². The van der Waals surface area contributed by atoms with Gasteiger partial charge in [0.15, 0.2) is 0 Å². The molecular weight excluding hydrogens is 426 g/mol. The zero-order valence-corrected chi connectivity index (χ0v) is 18.6. The highest BCUT2D eigenvalue weighted by Gasteiger charge is 2.19. The van der Waals surface area contributed by atoms with Crippen molar-refractivity contribution in [2.24, 2.45) is 0 Å². The first kappa shape index (κ1) is 20.8. The predicted molar refractivity (Wildman–Crippen MR) is 124 cm³/mol. The van der Waals surface area contributed by atoms with Crippen LogP contribution in [0.25, 0.3) is 22.3 Å². The minimum Gasteiger partial charge on any atom is -0.456 e. The van der Waals surface area contributed by atoms with Gasteiger partial charge < -0.3 is 14.5 Å². The molecule has 164 valence electrons. The van der Waals surface area contributed by atoms with Gasteiger partial charge in [0.2, 0.25) is 0 Å². The van der Waals surface area contributed by atoms with E-state index < -0.39 is 0 Å². The fraction of sp³-hybridized carbons (Fsp3) is 0.280. The number of halogens is 1. The molecule has 0 spiro atoms. The Balaban J connectivity index is 1.39. The Morgan fingerprint density at radius 1 is 1.22 bits per heavy atom. The van der Waals surface area contributed by atoms with Crippen LogP contribution in [0.1, 0.15) is 34.6 Å². The number of amides is 1. The summed E-state index contributed by atoms with van der Waals surface area (Å²) in [5.41, 5.74) is 3.96. The van der Waals surface area contributed by atoms with Crippen LogP contribution in [-0.2, 0) is 11.3 Å². The Hall–Kier alpha value is -3.09. The normalized spacial score (nSPS) is 16.0. The second-order valence-electron chi connectivity index (χ2n) is 8.13. The number of aromatic nitrogens is 2. The first-order valence-electron chi connectivity index (χ1n) is 10.8. The summed E-state index contributed by atoms with van der Waals surface area (Å²) in [6.45, 7) is 3.66. The standard InChI is InChI=1S/C25H24ClN3O3/c1-16-10-22(25(30)27-14-21-8-5-9-31-21)28-29(16)15-19-12-20(26)11-18-13-23(32-24(18)19)17-6-3-2-4-7-17/h2-4,6-7,10-13,21H,5,8-9,14-15H2,1H3,(H,27,30)/t21-/m1/s1. The van der Waals surface area contributed by atoms with Gasteiger partial charge in [-0.1, -0.05) is 41.9 Å². The summed E-state index contributed by atoms with van der Waals surface area (Å²) in [4.78, 5) is 12.6. The average molecular weight is 450 g/mol. The molecule has 1 saturated heterocycles. The number of ether oxygens (including phenoxy) is 1. The van der Waals surface area contributed by atoms with Crippen molar-refractivity contribution < 1.29 is 13.9 Å². The monoisotopic (exact) mass is 449 g/mol. The molecule has 1 N–H and O–H groups in total. The Kier molecular flexibility index (Phi) is 5.72. The van der Waals surface area contributed by atoms with Gasteiger partial charge in [-0.15, -0.1) is 0 Å². The second-order valence-corrected chi connectivity index (χ2v) is 8.57. The van der Waals surface area contributed by atoms with Gasteiger partial charge in [0, 0.05) is 40.4 Å². The van der Waals surface area contributed by atoms with Crippen LogP contribution in [0.5, 0.6) is 0 Å². The number of hydrogen-bond acceptors (Lipinski definition) is 4. The summed E-state index contributed by atoms with van der Waals surface area (Å²) < 4.78 is 13.6. The lowest BCUT2D eigenvalue weighted by Gasteiger charge is -2.09. The maximum Gasteiger partial charge on any atom is 0.271 e. The first-order chi connectivity index (χ1) is 15.6. The van der Waals surface area contributed by atoms with Crippen molar-refractivity contribution in [2.75, 3.05) is 13.2 Å². The Labute approximate surface area is 191 Å². The molecule has 2 aromatic heterocycles. The molecule has 1 aliphatic heterocycles. The Morgan fingerprint density at radius 2 is 2.06 bits per heavy atom. The van der Waals surface area contributed by atoms with Crippen LogP contribution in [0.2, 0.25) is 5.02 Å². The van der Waals surface area contributed by atoms with Crippen molar-refractivity contribution >= 4 is 28.5 Å². The van der Waals surface area contributed by atoms with Gasteiger partial charge in [-0.05, 0) is 44.0 Å². The number of fused-ring (bicyclic) bond motifs is 1. The average Bonchev–Trinajstić information content (AvgIpc) is 3.53. The molecule has 0 saturated carbocycles. The third-order valence-corrected chi connectivity index (χ3v) is 5.98. The number of benzene rings is 2. The molecule has 1 fully saturated rings. The molecule has 7 heteroatoms. The summed E-state index contributed by atoms with van der Waals surface area (Å²) in [7, 11) is 0. The number of carbonyl (C=O) groups excluding carboxylic acids is 1. The number of nitrogens with one attached hydrogen (secondary N) is 1. The number of rotatable bonds is 6. The van der Waals surface area contributed by atoms with Gasteiger partial charge in [-0.2, -0.15) is 5.10 Å². The molecule has 1 aliphatic rings. The van der Waals surface area contributed by atoms with Gasteiger partial charge in [-0.25, -0.2) is 0 Å². The highest BCUT2D eigenvalue weighted by atomic mass is 35.5. The molecule has 4 aromatic rings. The molecular formula is C25H24ClN3O3. The maximum absolute atomic E-state index is 12.6. The molecule has 0 aliphatic carbocycles. The van der Waals surface area contributed by atoms with E-state index in [0.29, 0.717) is 23.8 Å². The van der Waals surface area contributed by atoms with Crippen LogP contribution in [0.15, 0.2) is 59.0 Å². The largest absolute Gasteiger partial charge is 0.456 e. The summed E-state index contributed by atoms with van der Waals surface area (Å²) in [5, 5.41) is 9.02. The van der Waals surface area contributed by atoms with E-state index in [-0.39, 0.29) is 12.0 Å². The van der Waals surface area contributed by atoms with Crippen molar-refractivity contribution in [2.45, 2.75) is 32.4 Å². The lowest BCUT2D eigenvalue weighted by molar-refractivity contribution is 0.0853. The third-order valence-electron chi connectivity index (χ3n) is 5.76. The number of furan rings is 1. The van der Waals surface area contributed by atoms with E-state index in [1.807, 2.05) is 55.5 Å². The minimum atomic E-state index is -0.192. The molecule has 5 rings (SSSR count). The number of nitrogens with zero attached hydrogens (tertiary/aromatic N) is 2. The van der Waals surface area contributed by atoms with E-state index in [4.69, 9.17) is 20.8 Å². The zero-order valence-electron chi connectivity index (χ0n) is 17.8. The highest BCUT2D eigenvalue weighted by molar-refractivity contribution is 6.31. The van der Waals surface area contributed by atoms with E-state index in [9.17, 15) is 4.79 Å². The fourth-order valence-electron chi connectivity index (χ4n) is 4.09. The van der Waals surface area contributed by atoms with Crippen LogP contribution < -0.4 is 5.32 Å². The smallest absolute Gasteiger partial charge is 0.271 e. The number of hydrogen-bond donors (Lipinski definition) is 1. The summed E-state index contributed by atoms with van der Waals surface area (Å²) in [6.07, 6.45) is 2.12. The molecule has 2 aromatic carbocycles. The van der Waals surface area contributed by atoms with Gasteiger partial charge in [0.25, 0.3) is 5.91 Å². The molecule has 1 atom stereocenters. The molecule has 6 nitrogen and oxygen atoms in total.